The maximum absolute atomic E-state index is 11.2. The minimum absolute atomic E-state index is 0.266. The lowest BCUT2D eigenvalue weighted by Crippen LogP contribution is -2.34. The van der Waals surface area contributed by atoms with Crippen molar-refractivity contribution in [2.45, 2.75) is 44.2 Å². The van der Waals surface area contributed by atoms with Crippen molar-refractivity contribution < 1.29 is 8.42 Å². The number of benzene rings is 1. The summed E-state index contributed by atoms with van der Waals surface area (Å²) >= 11 is 0. The van der Waals surface area contributed by atoms with Gasteiger partial charge in [-0.25, -0.2) is 19.8 Å². The van der Waals surface area contributed by atoms with Crippen LogP contribution >= 0.6 is 0 Å². The van der Waals surface area contributed by atoms with E-state index in [2.05, 4.69) is 61.1 Å². The fourth-order valence-corrected chi connectivity index (χ4v) is 5.44. The van der Waals surface area contributed by atoms with Gasteiger partial charge in [-0.3, -0.25) is 0 Å². The lowest BCUT2D eigenvalue weighted by Gasteiger charge is -2.17. The number of nitrogens with two attached hydrogens (primary N) is 1. The highest BCUT2D eigenvalue weighted by Gasteiger charge is 2.28. The molecule has 3 aromatic rings. The average Bonchev–Trinajstić information content (AvgIpc) is 3.44. The Morgan fingerprint density at radius 3 is 2.87 bits per heavy atom. The summed E-state index contributed by atoms with van der Waals surface area (Å²) in [5.74, 6) is 1.14. The second kappa shape index (κ2) is 7.64. The molecule has 0 amide bonds. The molecule has 1 fully saturated rings. The summed E-state index contributed by atoms with van der Waals surface area (Å²) in [4.78, 5) is 9.08. The topological polar surface area (TPSA) is 115 Å². The molecule has 0 aliphatic heterocycles. The van der Waals surface area contributed by atoms with Gasteiger partial charge in [-0.2, -0.15) is 8.42 Å². The summed E-state index contributed by atoms with van der Waals surface area (Å²) in [7, 11) is -3.64. The Bertz CT molecular complexity index is 1180. The van der Waals surface area contributed by atoms with E-state index in [0.717, 1.165) is 49.0 Å². The number of hydrogen-bond acceptors (Lipinski definition) is 5. The first kappa shape index (κ1) is 19.5. The van der Waals surface area contributed by atoms with Crippen molar-refractivity contribution in [1.82, 2.24) is 19.3 Å². The number of fused-ring (bicyclic) bond motifs is 2. The third kappa shape index (κ3) is 3.80. The predicted molar refractivity (Wildman–Crippen MR) is 116 cm³/mol. The van der Waals surface area contributed by atoms with E-state index in [0.29, 0.717) is 12.6 Å². The van der Waals surface area contributed by atoms with Crippen LogP contribution < -0.4 is 15.2 Å². The van der Waals surface area contributed by atoms with Gasteiger partial charge < -0.3 is 9.88 Å². The molecule has 2 aliphatic carbocycles. The van der Waals surface area contributed by atoms with Crippen LogP contribution in [-0.2, 0) is 16.6 Å². The third-order valence-electron chi connectivity index (χ3n) is 6.43. The Hall–Kier alpha value is -2.49. The van der Waals surface area contributed by atoms with Crippen LogP contribution in [0.4, 0.5) is 5.82 Å². The number of hydrogen-bond donors (Lipinski definition) is 3. The maximum atomic E-state index is 11.2. The van der Waals surface area contributed by atoms with Crippen LogP contribution in [-0.4, -0.2) is 29.5 Å². The Labute approximate surface area is 176 Å². The molecule has 2 heterocycles. The summed E-state index contributed by atoms with van der Waals surface area (Å²) in [6, 6.07) is 11.2. The molecule has 1 aromatic carbocycles. The minimum atomic E-state index is -3.64. The number of aryl methyl sites for hydroxylation is 1. The number of anilines is 1. The zero-order chi connectivity index (χ0) is 20.7. The van der Waals surface area contributed by atoms with E-state index in [-0.39, 0.29) is 12.0 Å². The quantitative estimate of drug-likeness (QED) is 0.561. The van der Waals surface area contributed by atoms with E-state index in [1.54, 1.807) is 6.33 Å². The van der Waals surface area contributed by atoms with E-state index in [9.17, 15) is 8.42 Å². The fourth-order valence-electron chi connectivity index (χ4n) is 4.97. The Morgan fingerprint density at radius 2 is 2.00 bits per heavy atom. The van der Waals surface area contributed by atoms with Crippen molar-refractivity contribution >= 4 is 27.1 Å². The standard InChI is InChI=1S/C21H26N6O2S/c22-30(28,29)25-12-14-5-7-16(11-14)27-10-9-18-20(23-13-24-21(18)27)26-19-8-6-15-3-1-2-4-17(15)19/h1-4,9-10,13-14,16,19,25H,5-8,11-12H2,(H2,22,28,29)(H,23,24,26)/t14-,16-,19-/m0/s1. The Morgan fingerprint density at radius 1 is 1.13 bits per heavy atom. The van der Waals surface area contributed by atoms with Gasteiger partial charge in [0, 0.05) is 18.8 Å². The molecule has 0 unspecified atom stereocenters. The molecule has 0 radical (unpaired) electrons. The molecule has 9 heteroatoms. The third-order valence-corrected chi connectivity index (χ3v) is 7.00. The van der Waals surface area contributed by atoms with Crippen molar-refractivity contribution in [2.24, 2.45) is 11.1 Å². The van der Waals surface area contributed by atoms with Crippen LogP contribution in [0, 0.1) is 5.92 Å². The molecular formula is C21H26N6O2S. The molecule has 5 rings (SSSR count). The normalized spacial score (nSPS) is 23.7. The highest BCUT2D eigenvalue weighted by atomic mass is 32.2. The molecule has 2 aromatic heterocycles. The van der Waals surface area contributed by atoms with Gasteiger partial charge in [0.2, 0.25) is 0 Å². The van der Waals surface area contributed by atoms with Gasteiger partial charge in [-0.15, -0.1) is 0 Å². The van der Waals surface area contributed by atoms with Crippen LogP contribution in [0.5, 0.6) is 0 Å². The molecule has 8 nitrogen and oxygen atoms in total. The highest BCUT2D eigenvalue weighted by molar-refractivity contribution is 7.87. The largest absolute Gasteiger partial charge is 0.363 e. The molecule has 0 spiro atoms. The molecule has 0 bridgehead atoms. The van der Waals surface area contributed by atoms with Crippen LogP contribution in [0.15, 0.2) is 42.9 Å². The fraction of sp³-hybridized carbons (Fsp3) is 0.429. The van der Waals surface area contributed by atoms with Crippen molar-refractivity contribution in [3.8, 4) is 0 Å². The molecule has 0 saturated heterocycles. The highest BCUT2D eigenvalue weighted by Crippen LogP contribution is 2.38. The maximum Gasteiger partial charge on any atom is 0.274 e. The second-order valence-corrected chi connectivity index (χ2v) is 9.72. The van der Waals surface area contributed by atoms with Gasteiger partial charge >= 0.3 is 0 Å². The van der Waals surface area contributed by atoms with Crippen LogP contribution in [0.2, 0.25) is 0 Å². The molecule has 1 saturated carbocycles. The summed E-state index contributed by atoms with van der Waals surface area (Å²) in [5, 5.41) is 9.72. The first-order valence-corrected chi connectivity index (χ1v) is 12.0. The van der Waals surface area contributed by atoms with Crippen molar-refractivity contribution in [2.75, 3.05) is 11.9 Å². The Balaban J connectivity index is 1.35. The first-order chi connectivity index (χ1) is 14.5. The Kier molecular flexibility index (Phi) is 4.96. The van der Waals surface area contributed by atoms with E-state index >= 15 is 0 Å². The van der Waals surface area contributed by atoms with E-state index < -0.39 is 10.2 Å². The summed E-state index contributed by atoms with van der Waals surface area (Å²) in [6.45, 7) is 0.386. The summed E-state index contributed by atoms with van der Waals surface area (Å²) in [5.41, 5.74) is 3.68. The molecule has 30 heavy (non-hydrogen) atoms. The first-order valence-electron chi connectivity index (χ1n) is 10.4. The molecule has 158 valence electrons. The second-order valence-electron chi connectivity index (χ2n) is 8.34. The van der Waals surface area contributed by atoms with E-state index in [1.165, 1.54) is 11.1 Å². The monoisotopic (exact) mass is 426 g/mol. The van der Waals surface area contributed by atoms with Crippen LogP contribution in [0.25, 0.3) is 11.0 Å². The van der Waals surface area contributed by atoms with Gasteiger partial charge in [-0.05, 0) is 55.2 Å². The lowest BCUT2D eigenvalue weighted by molar-refractivity contribution is 0.476. The summed E-state index contributed by atoms with van der Waals surface area (Å²) < 4.78 is 27.0. The molecule has 2 aliphatic rings. The SMILES string of the molecule is NS(=O)(=O)NC[C@H]1CC[C@H](n2ccc3c(N[C@H]4CCc5ccccc54)ncnc32)C1. The zero-order valence-electron chi connectivity index (χ0n) is 16.7. The van der Waals surface area contributed by atoms with Crippen molar-refractivity contribution in [1.29, 1.82) is 0 Å². The van der Waals surface area contributed by atoms with Crippen molar-refractivity contribution in [3.63, 3.8) is 0 Å². The van der Waals surface area contributed by atoms with E-state index in [4.69, 9.17) is 5.14 Å². The van der Waals surface area contributed by atoms with Crippen molar-refractivity contribution in [3.05, 3.63) is 54.0 Å². The number of aromatic nitrogens is 3. The van der Waals surface area contributed by atoms with Crippen LogP contribution in [0.3, 0.4) is 0 Å². The minimum Gasteiger partial charge on any atom is -0.363 e. The molecule has 3 atom stereocenters. The molecular weight excluding hydrogens is 400 g/mol. The van der Waals surface area contributed by atoms with Gasteiger partial charge in [-0.1, -0.05) is 24.3 Å². The summed E-state index contributed by atoms with van der Waals surface area (Å²) in [6.07, 6.45) is 8.69. The smallest absolute Gasteiger partial charge is 0.274 e. The van der Waals surface area contributed by atoms with Gasteiger partial charge in [0.05, 0.1) is 11.4 Å². The average molecular weight is 427 g/mol. The predicted octanol–water partition coefficient (Wildman–Crippen LogP) is 2.67. The number of nitrogens with one attached hydrogen (secondary N) is 2. The van der Waals surface area contributed by atoms with Crippen LogP contribution in [0.1, 0.15) is 48.9 Å². The van der Waals surface area contributed by atoms with Gasteiger partial charge in [0.1, 0.15) is 17.8 Å². The van der Waals surface area contributed by atoms with Gasteiger partial charge in [0.25, 0.3) is 10.2 Å². The van der Waals surface area contributed by atoms with Gasteiger partial charge in [0.15, 0.2) is 0 Å². The zero-order valence-corrected chi connectivity index (χ0v) is 17.5. The molecule has 4 N–H and O–H groups in total. The van der Waals surface area contributed by atoms with E-state index in [1.807, 2.05) is 0 Å². The number of nitrogens with zero attached hydrogens (tertiary/aromatic N) is 3. The lowest BCUT2D eigenvalue weighted by atomic mass is 10.1. The number of rotatable bonds is 6.